The van der Waals surface area contributed by atoms with E-state index in [2.05, 4.69) is 134 Å². The molecule has 0 amide bonds. The van der Waals surface area contributed by atoms with Crippen LogP contribution in [0.4, 0.5) is 0 Å². The highest BCUT2D eigenvalue weighted by Gasteiger charge is 2.42. The van der Waals surface area contributed by atoms with Crippen LogP contribution in [-0.2, 0) is 18.5 Å². The van der Waals surface area contributed by atoms with Crippen LogP contribution in [0.3, 0.4) is 0 Å². The Morgan fingerprint density at radius 3 is 1.80 bits per heavy atom. The molecule has 8 rings (SSSR count). The first-order valence-electron chi connectivity index (χ1n) is 17.1. The van der Waals surface area contributed by atoms with Crippen molar-refractivity contribution in [2.24, 2.45) is 0 Å². The monoisotopic (exact) mass is 642 g/mol. The molecule has 0 bridgehead atoms. The van der Waals surface area contributed by atoms with Crippen LogP contribution < -0.4 is 5.69 Å². The first kappa shape index (κ1) is 30.5. The Morgan fingerprint density at radius 1 is 0.694 bits per heavy atom. The van der Waals surface area contributed by atoms with Crippen LogP contribution in [0.15, 0.2) is 151 Å². The molecule has 242 valence electrons. The standard InChI is InChI=1S/C42H38N6O/c1-2-14-37-30-47(36-27-28-36)41(49)46(37)29-31-23-25-32(26-24-31)38-21-12-13-22-39(38)40-43-44-45-48(40)42(33-15-6-3-7-16-33,34-17-8-4-9-18-34)35-19-10-5-11-20-35/h3-13,15-26,30,36H,2,14,27-29H2,1H3. The second-order valence-electron chi connectivity index (χ2n) is 12.8. The van der Waals surface area contributed by atoms with Crippen LogP contribution in [-0.4, -0.2) is 29.3 Å². The van der Waals surface area contributed by atoms with E-state index >= 15 is 0 Å². The molecule has 0 aliphatic heterocycles. The van der Waals surface area contributed by atoms with E-state index in [0.29, 0.717) is 18.4 Å². The third kappa shape index (κ3) is 5.51. The molecule has 0 spiro atoms. The largest absolute Gasteiger partial charge is 0.328 e. The molecule has 0 atom stereocenters. The SMILES string of the molecule is CCCc1cn(C2CC2)c(=O)n1Cc1ccc(-c2ccccc2-c2nnnn2C(c2ccccc2)(c2ccccc2)c2ccccc2)cc1. The summed E-state index contributed by atoms with van der Waals surface area (Å²) in [6, 6.07) is 48.6. The van der Waals surface area contributed by atoms with Gasteiger partial charge in [-0.1, -0.05) is 153 Å². The minimum Gasteiger partial charge on any atom is -0.296 e. The van der Waals surface area contributed by atoms with Gasteiger partial charge in [0.05, 0.1) is 6.54 Å². The fraction of sp³-hybridized carbons (Fsp3) is 0.190. The van der Waals surface area contributed by atoms with Crippen LogP contribution in [0.25, 0.3) is 22.5 Å². The van der Waals surface area contributed by atoms with Gasteiger partial charge in [0.25, 0.3) is 0 Å². The summed E-state index contributed by atoms with van der Waals surface area (Å²) in [5, 5.41) is 13.8. The molecule has 2 aromatic heterocycles. The summed E-state index contributed by atoms with van der Waals surface area (Å²) >= 11 is 0. The summed E-state index contributed by atoms with van der Waals surface area (Å²) in [5.41, 5.74) is 7.62. The molecular formula is C42H38N6O. The third-order valence-corrected chi connectivity index (χ3v) is 9.67. The molecule has 0 N–H and O–H groups in total. The van der Waals surface area contributed by atoms with E-state index in [-0.39, 0.29) is 5.69 Å². The minimum atomic E-state index is -0.847. The molecule has 1 aliphatic carbocycles. The molecule has 0 radical (unpaired) electrons. The average Bonchev–Trinajstić information content (AvgIpc) is 3.81. The highest BCUT2D eigenvalue weighted by atomic mass is 16.1. The lowest BCUT2D eigenvalue weighted by Crippen LogP contribution is -2.39. The zero-order valence-electron chi connectivity index (χ0n) is 27.6. The van der Waals surface area contributed by atoms with Crippen molar-refractivity contribution in [1.29, 1.82) is 0 Å². The number of benzene rings is 5. The highest BCUT2D eigenvalue weighted by Crippen LogP contribution is 2.43. The van der Waals surface area contributed by atoms with Gasteiger partial charge < -0.3 is 0 Å². The van der Waals surface area contributed by atoms with Gasteiger partial charge in [-0.15, -0.1) is 5.10 Å². The lowest BCUT2D eigenvalue weighted by Gasteiger charge is -2.36. The van der Waals surface area contributed by atoms with Crippen LogP contribution >= 0.6 is 0 Å². The predicted molar refractivity (Wildman–Crippen MR) is 193 cm³/mol. The molecule has 0 unspecified atom stereocenters. The zero-order valence-corrected chi connectivity index (χ0v) is 27.6. The molecule has 2 heterocycles. The summed E-state index contributed by atoms with van der Waals surface area (Å²) in [7, 11) is 0. The van der Waals surface area contributed by atoms with Gasteiger partial charge in [-0.3, -0.25) is 9.13 Å². The highest BCUT2D eigenvalue weighted by molar-refractivity contribution is 5.81. The number of aryl methyl sites for hydroxylation is 1. The van der Waals surface area contributed by atoms with Crippen LogP contribution in [0.1, 0.15) is 60.2 Å². The first-order chi connectivity index (χ1) is 24.2. The van der Waals surface area contributed by atoms with E-state index in [0.717, 1.165) is 70.3 Å². The number of tetrazole rings is 1. The van der Waals surface area contributed by atoms with Crippen molar-refractivity contribution in [2.75, 3.05) is 0 Å². The van der Waals surface area contributed by atoms with Crippen molar-refractivity contribution < 1.29 is 0 Å². The average molecular weight is 643 g/mol. The van der Waals surface area contributed by atoms with E-state index in [1.165, 1.54) is 0 Å². The Bertz CT molecular complexity index is 2130. The van der Waals surface area contributed by atoms with Gasteiger partial charge in [0.2, 0.25) is 0 Å². The summed E-state index contributed by atoms with van der Waals surface area (Å²) in [6.07, 6.45) is 6.17. The molecule has 1 aliphatic rings. The van der Waals surface area contributed by atoms with E-state index in [1.807, 2.05) is 38.1 Å². The van der Waals surface area contributed by atoms with E-state index in [9.17, 15) is 4.79 Å². The molecule has 1 fully saturated rings. The lowest BCUT2D eigenvalue weighted by molar-refractivity contribution is 0.451. The molecule has 7 aromatic rings. The Balaban J connectivity index is 1.23. The number of nitrogens with zero attached hydrogens (tertiary/aromatic N) is 6. The third-order valence-electron chi connectivity index (χ3n) is 9.67. The number of rotatable bonds is 11. The van der Waals surface area contributed by atoms with Gasteiger partial charge in [0, 0.05) is 23.5 Å². The molecular weight excluding hydrogens is 605 g/mol. The van der Waals surface area contributed by atoms with Crippen molar-refractivity contribution in [2.45, 2.75) is 50.7 Å². The number of hydrogen-bond acceptors (Lipinski definition) is 4. The summed E-state index contributed by atoms with van der Waals surface area (Å²) in [6.45, 7) is 2.72. The Labute approximate surface area is 286 Å². The fourth-order valence-corrected chi connectivity index (χ4v) is 7.17. The lowest BCUT2D eigenvalue weighted by atomic mass is 9.77. The maximum Gasteiger partial charge on any atom is 0.328 e. The van der Waals surface area contributed by atoms with E-state index in [1.54, 1.807) is 0 Å². The number of hydrogen-bond donors (Lipinski definition) is 0. The molecule has 5 aromatic carbocycles. The quantitative estimate of drug-likeness (QED) is 0.134. The summed E-state index contributed by atoms with van der Waals surface area (Å²) < 4.78 is 5.88. The smallest absolute Gasteiger partial charge is 0.296 e. The Hall–Kier alpha value is -5.82. The van der Waals surface area contributed by atoms with Gasteiger partial charge in [-0.05, 0) is 63.1 Å². The Morgan fingerprint density at radius 2 is 1.24 bits per heavy atom. The second-order valence-corrected chi connectivity index (χ2v) is 12.8. The van der Waals surface area contributed by atoms with E-state index in [4.69, 9.17) is 10.3 Å². The molecule has 1 saturated carbocycles. The maximum absolute atomic E-state index is 13.3. The topological polar surface area (TPSA) is 70.5 Å². The normalized spacial score (nSPS) is 13.1. The van der Waals surface area contributed by atoms with Crippen LogP contribution in [0, 0.1) is 0 Å². The van der Waals surface area contributed by atoms with Crippen LogP contribution in [0.2, 0.25) is 0 Å². The van der Waals surface area contributed by atoms with E-state index < -0.39 is 5.54 Å². The van der Waals surface area contributed by atoms with Crippen molar-refractivity contribution >= 4 is 0 Å². The van der Waals surface area contributed by atoms with Gasteiger partial charge in [0.1, 0.15) is 5.54 Å². The molecule has 7 heteroatoms. The molecule has 49 heavy (non-hydrogen) atoms. The second kappa shape index (κ2) is 13.0. The van der Waals surface area contributed by atoms with Gasteiger partial charge in [0.15, 0.2) is 5.82 Å². The zero-order chi connectivity index (χ0) is 33.2. The summed E-state index contributed by atoms with van der Waals surface area (Å²) in [4.78, 5) is 13.3. The minimum absolute atomic E-state index is 0.103. The molecule has 7 nitrogen and oxygen atoms in total. The predicted octanol–water partition coefficient (Wildman–Crippen LogP) is 8.15. The number of imidazole rings is 1. The van der Waals surface area contributed by atoms with Crippen LogP contribution in [0.5, 0.6) is 0 Å². The molecule has 0 saturated heterocycles. The van der Waals surface area contributed by atoms with Crippen molar-refractivity contribution in [1.82, 2.24) is 29.3 Å². The van der Waals surface area contributed by atoms with Crippen molar-refractivity contribution in [3.05, 3.63) is 184 Å². The van der Waals surface area contributed by atoms with Crippen molar-refractivity contribution in [3.63, 3.8) is 0 Å². The maximum atomic E-state index is 13.3. The number of aromatic nitrogens is 6. The first-order valence-corrected chi connectivity index (χ1v) is 17.1. The van der Waals surface area contributed by atoms with Gasteiger partial charge in [-0.2, -0.15) is 0 Å². The Kier molecular flexibility index (Phi) is 8.09. The fourth-order valence-electron chi connectivity index (χ4n) is 7.17. The van der Waals surface area contributed by atoms with Gasteiger partial charge in [-0.25, -0.2) is 9.48 Å². The summed E-state index contributed by atoms with van der Waals surface area (Å²) in [5.74, 6) is 0.661. The van der Waals surface area contributed by atoms with Gasteiger partial charge >= 0.3 is 5.69 Å². The van der Waals surface area contributed by atoms with Crippen molar-refractivity contribution in [3.8, 4) is 22.5 Å².